The van der Waals surface area contributed by atoms with Gasteiger partial charge in [-0.3, -0.25) is 4.72 Å². The van der Waals surface area contributed by atoms with Crippen LogP contribution >= 0.6 is 0 Å². The number of benzene rings is 3. The summed E-state index contributed by atoms with van der Waals surface area (Å²) in [5.41, 5.74) is 3.92. The van der Waals surface area contributed by atoms with Gasteiger partial charge < -0.3 is 9.84 Å². The van der Waals surface area contributed by atoms with Gasteiger partial charge in [-0.1, -0.05) is 42.0 Å². The molecule has 190 valence electrons. The number of hydrogen-bond acceptors (Lipinski definition) is 4. The molecule has 1 aliphatic heterocycles. The molecule has 1 atom stereocenters. The van der Waals surface area contributed by atoms with E-state index >= 15 is 4.39 Å². The van der Waals surface area contributed by atoms with Crippen molar-refractivity contribution in [3.63, 3.8) is 0 Å². The number of aryl methyl sites for hydroxylation is 1. The number of sulfonamides is 1. The number of fused-ring (bicyclic) bond motifs is 3. The van der Waals surface area contributed by atoms with Crippen LogP contribution < -0.4 is 4.72 Å². The van der Waals surface area contributed by atoms with Crippen LogP contribution in [0.2, 0.25) is 0 Å². The average molecular weight is 512 g/mol. The Hall–Kier alpha value is -3.23. The maximum absolute atomic E-state index is 15.3. The first kappa shape index (κ1) is 25.9. The molecule has 0 fully saturated rings. The molecule has 1 aliphatic rings. The van der Waals surface area contributed by atoms with Crippen molar-refractivity contribution in [2.45, 2.75) is 59.0 Å². The van der Waals surface area contributed by atoms with Gasteiger partial charge in [-0.25, -0.2) is 17.6 Å². The van der Waals surface area contributed by atoms with Crippen molar-refractivity contribution >= 4 is 21.7 Å². The molecule has 8 heteroatoms. The molecule has 4 rings (SSSR count). The molecular weight excluding hydrogens is 481 g/mol. The number of ether oxygens (including phenoxy) is 1. The van der Waals surface area contributed by atoms with Gasteiger partial charge in [0.15, 0.2) is 6.10 Å². The van der Waals surface area contributed by atoms with Gasteiger partial charge >= 0.3 is 5.97 Å². The zero-order valence-corrected chi connectivity index (χ0v) is 22.0. The minimum atomic E-state index is -3.89. The average Bonchev–Trinajstić information content (AvgIpc) is 2.88. The van der Waals surface area contributed by atoms with Crippen LogP contribution in [0.5, 0.6) is 0 Å². The van der Waals surface area contributed by atoms with Crippen molar-refractivity contribution in [3.8, 4) is 22.3 Å². The van der Waals surface area contributed by atoms with E-state index in [0.717, 1.165) is 11.1 Å². The van der Waals surface area contributed by atoms with Crippen molar-refractivity contribution in [2.75, 3.05) is 4.72 Å². The quantitative estimate of drug-likeness (QED) is 0.430. The minimum absolute atomic E-state index is 0.172. The molecule has 3 aromatic rings. The molecule has 0 radical (unpaired) electrons. The minimum Gasteiger partial charge on any atom is -0.479 e. The SMILES string of the molecule is Cc1ccc(-c2c(C)c3c(c(C)c2[C@H](OC(C)(C)C)C(=O)O)NS(=O)(=O)Cc2cccc(F)c2-3)cc1. The molecule has 2 N–H and O–H groups in total. The molecule has 0 bridgehead atoms. The Morgan fingerprint density at radius 1 is 1.00 bits per heavy atom. The third kappa shape index (κ3) is 4.75. The molecule has 0 amide bonds. The number of aliphatic carboxylic acids is 1. The molecule has 0 saturated carbocycles. The van der Waals surface area contributed by atoms with Gasteiger partial charge in [0, 0.05) is 16.7 Å². The van der Waals surface area contributed by atoms with E-state index in [9.17, 15) is 18.3 Å². The van der Waals surface area contributed by atoms with Crippen molar-refractivity contribution < 1.29 is 27.4 Å². The Morgan fingerprint density at radius 2 is 1.64 bits per heavy atom. The molecule has 6 nitrogen and oxygen atoms in total. The van der Waals surface area contributed by atoms with Gasteiger partial charge in [-0.15, -0.1) is 0 Å². The summed E-state index contributed by atoms with van der Waals surface area (Å²) in [5, 5.41) is 10.3. The third-order valence-electron chi connectivity index (χ3n) is 6.30. The topological polar surface area (TPSA) is 92.7 Å². The number of rotatable bonds is 4. The van der Waals surface area contributed by atoms with Gasteiger partial charge in [0.25, 0.3) is 0 Å². The number of carbonyl (C=O) groups is 1. The Labute approximate surface area is 211 Å². The standard InChI is InChI=1S/C28H30FNO5S/c1-15-10-12-18(13-11-15)21-16(2)22-24-19(8-7-9-20(24)29)14-36(33,34)30-25(22)17(3)23(21)26(27(31)32)35-28(4,5)6/h7-13,26,30H,14H2,1-6H3,(H,31,32)/t26-/m0/s1. The highest BCUT2D eigenvalue weighted by Crippen LogP contribution is 2.49. The normalized spacial score (nSPS) is 15.3. The summed E-state index contributed by atoms with van der Waals surface area (Å²) < 4.78 is 50.0. The van der Waals surface area contributed by atoms with Gasteiger partial charge in [0.1, 0.15) is 5.82 Å². The van der Waals surface area contributed by atoms with Crippen LogP contribution in [-0.4, -0.2) is 25.1 Å². The van der Waals surface area contributed by atoms with E-state index in [-0.39, 0.29) is 11.3 Å². The molecule has 3 aromatic carbocycles. The molecule has 0 aliphatic carbocycles. The molecule has 1 heterocycles. The summed E-state index contributed by atoms with van der Waals surface area (Å²) >= 11 is 0. The molecule has 0 aromatic heterocycles. The van der Waals surface area contributed by atoms with E-state index in [0.29, 0.717) is 33.4 Å². The van der Waals surface area contributed by atoms with E-state index in [1.807, 2.05) is 31.2 Å². The summed E-state index contributed by atoms with van der Waals surface area (Å²) in [5.74, 6) is -2.15. The van der Waals surface area contributed by atoms with Crippen LogP contribution in [0.4, 0.5) is 10.1 Å². The second kappa shape index (κ2) is 9.01. The Kier molecular flexibility index (Phi) is 6.47. The Bertz CT molecular complexity index is 1470. The lowest BCUT2D eigenvalue weighted by Crippen LogP contribution is -2.29. The van der Waals surface area contributed by atoms with Gasteiger partial charge in [0.2, 0.25) is 10.0 Å². The highest BCUT2D eigenvalue weighted by molar-refractivity contribution is 7.92. The first-order valence-electron chi connectivity index (χ1n) is 11.6. The fourth-order valence-corrected chi connectivity index (χ4v) is 6.12. The van der Waals surface area contributed by atoms with E-state index in [1.165, 1.54) is 12.1 Å². The second-order valence-electron chi connectivity index (χ2n) is 10.2. The molecule has 36 heavy (non-hydrogen) atoms. The van der Waals surface area contributed by atoms with Crippen LogP contribution in [0.3, 0.4) is 0 Å². The first-order chi connectivity index (χ1) is 16.7. The highest BCUT2D eigenvalue weighted by Gasteiger charge is 2.36. The summed E-state index contributed by atoms with van der Waals surface area (Å²) in [6.07, 6.45) is -1.39. The maximum Gasteiger partial charge on any atom is 0.337 e. The predicted octanol–water partition coefficient (Wildman–Crippen LogP) is 6.28. The van der Waals surface area contributed by atoms with E-state index in [4.69, 9.17) is 4.74 Å². The van der Waals surface area contributed by atoms with Crippen LogP contribution in [0, 0.1) is 26.6 Å². The summed E-state index contributed by atoms with van der Waals surface area (Å²) in [4.78, 5) is 12.6. The number of anilines is 1. The van der Waals surface area contributed by atoms with Crippen molar-refractivity contribution in [3.05, 3.63) is 76.1 Å². The van der Waals surface area contributed by atoms with Gasteiger partial charge in [0.05, 0.1) is 17.0 Å². The number of halogens is 1. The number of carboxylic acid groups (broad SMARTS) is 1. The predicted molar refractivity (Wildman–Crippen MR) is 139 cm³/mol. The van der Waals surface area contributed by atoms with E-state index in [1.54, 1.807) is 40.7 Å². The smallest absolute Gasteiger partial charge is 0.337 e. The van der Waals surface area contributed by atoms with Gasteiger partial charge in [-0.2, -0.15) is 0 Å². The summed E-state index contributed by atoms with van der Waals surface area (Å²) in [7, 11) is -3.89. The van der Waals surface area contributed by atoms with Crippen LogP contribution in [0.25, 0.3) is 22.3 Å². The fraction of sp³-hybridized carbons (Fsp3) is 0.321. The molecule has 0 saturated heterocycles. The third-order valence-corrected chi connectivity index (χ3v) is 7.51. The van der Waals surface area contributed by atoms with Crippen molar-refractivity contribution in [1.29, 1.82) is 0 Å². The summed E-state index contributed by atoms with van der Waals surface area (Å²) in [6, 6.07) is 12.0. The Balaban J connectivity index is 2.21. The van der Waals surface area contributed by atoms with Gasteiger partial charge in [-0.05, 0) is 75.4 Å². The number of nitrogens with one attached hydrogen (secondary N) is 1. The lowest BCUT2D eigenvalue weighted by Gasteiger charge is -2.31. The van der Waals surface area contributed by atoms with Crippen LogP contribution in [-0.2, 0) is 25.3 Å². The fourth-order valence-electron chi connectivity index (χ4n) is 4.84. The number of carboxylic acids is 1. The van der Waals surface area contributed by atoms with Crippen LogP contribution in [0.15, 0.2) is 42.5 Å². The highest BCUT2D eigenvalue weighted by atomic mass is 32.2. The number of hydrogen-bond donors (Lipinski definition) is 2. The Morgan fingerprint density at radius 3 is 2.22 bits per heavy atom. The van der Waals surface area contributed by atoms with Crippen molar-refractivity contribution in [1.82, 2.24) is 0 Å². The largest absolute Gasteiger partial charge is 0.479 e. The van der Waals surface area contributed by atoms with E-state index in [2.05, 4.69) is 4.72 Å². The molecule has 0 unspecified atom stereocenters. The second-order valence-corrected chi connectivity index (χ2v) is 12.0. The maximum atomic E-state index is 15.3. The summed E-state index contributed by atoms with van der Waals surface area (Å²) in [6.45, 7) is 10.6. The van der Waals surface area contributed by atoms with E-state index < -0.39 is 39.3 Å². The zero-order valence-electron chi connectivity index (χ0n) is 21.2. The zero-order chi connectivity index (χ0) is 26.6. The van der Waals surface area contributed by atoms with Crippen molar-refractivity contribution in [2.24, 2.45) is 0 Å². The molecular formula is C28H30FNO5S. The first-order valence-corrected chi connectivity index (χ1v) is 13.3. The monoisotopic (exact) mass is 511 g/mol. The lowest BCUT2D eigenvalue weighted by molar-refractivity contribution is -0.160. The molecule has 0 spiro atoms. The lowest BCUT2D eigenvalue weighted by atomic mass is 9.81. The van der Waals surface area contributed by atoms with Crippen LogP contribution in [0.1, 0.15) is 54.7 Å².